The molecule has 12 rings (SSSR count). The van der Waals surface area contributed by atoms with Crippen LogP contribution in [0.25, 0.3) is 93.6 Å². The molecule has 2 heterocycles. The van der Waals surface area contributed by atoms with Crippen molar-refractivity contribution in [3.05, 3.63) is 231 Å². The fraction of sp³-hybridized carbons (Fsp3) is 0. The first kappa shape index (κ1) is 34.9. The summed E-state index contributed by atoms with van der Waals surface area (Å²) in [5.41, 5.74) is 15.5. The topological polar surface area (TPSA) is 21.3 Å². The normalized spacial score (nSPS) is 11.6. The van der Waals surface area contributed by atoms with Crippen LogP contribution in [0.3, 0.4) is 0 Å². The van der Waals surface area contributed by atoms with Crippen molar-refractivity contribution >= 4 is 71.6 Å². The van der Waals surface area contributed by atoms with Crippen molar-refractivity contribution in [2.75, 3.05) is 4.90 Å². The van der Waals surface area contributed by atoms with E-state index in [1.165, 1.54) is 54.8 Å². The molecule has 0 spiro atoms. The monoisotopic (exact) mass is 778 g/mol. The number of furan rings is 1. The highest BCUT2D eigenvalue weighted by atomic mass is 16.3. The number of benzene rings is 10. The third-order valence-electron chi connectivity index (χ3n) is 12.2. The van der Waals surface area contributed by atoms with Crippen LogP contribution in [-0.2, 0) is 0 Å². The number of nitrogens with zero attached hydrogens (tertiary/aromatic N) is 2. The van der Waals surface area contributed by atoms with Crippen molar-refractivity contribution in [1.29, 1.82) is 0 Å². The molecule has 0 fully saturated rings. The molecule has 3 heteroatoms. The van der Waals surface area contributed by atoms with Gasteiger partial charge >= 0.3 is 0 Å². The van der Waals surface area contributed by atoms with Crippen molar-refractivity contribution in [2.24, 2.45) is 0 Å². The molecule has 0 saturated heterocycles. The highest BCUT2D eigenvalue weighted by Gasteiger charge is 2.20. The smallest absolute Gasteiger partial charge is 0.137 e. The fourth-order valence-electron chi connectivity index (χ4n) is 9.35. The van der Waals surface area contributed by atoms with Gasteiger partial charge in [-0.15, -0.1) is 0 Å². The Hall–Kier alpha value is -8.14. The Bertz CT molecular complexity index is 3580. The maximum Gasteiger partial charge on any atom is 0.137 e. The summed E-state index contributed by atoms with van der Waals surface area (Å²) in [7, 11) is 0. The zero-order valence-electron chi connectivity index (χ0n) is 33.2. The van der Waals surface area contributed by atoms with Crippen LogP contribution in [0.5, 0.6) is 0 Å². The number of anilines is 3. The zero-order valence-corrected chi connectivity index (χ0v) is 33.2. The minimum Gasteiger partial charge on any atom is -0.456 e. The average molecular weight is 779 g/mol. The molecular weight excluding hydrogens is 741 g/mol. The molecule has 12 aromatic rings. The van der Waals surface area contributed by atoms with Crippen LogP contribution in [0, 0.1) is 0 Å². The summed E-state index contributed by atoms with van der Waals surface area (Å²) in [4.78, 5) is 2.33. The summed E-state index contributed by atoms with van der Waals surface area (Å²) in [5, 5.41) is 7.27. The van der Waals surface area contributed by atoms with Crippen LogP contribution in [0.4, 0.5) is 17.1 Å². The Morgan fingerprint density at radius 3 is 1.77 bits per heavy atom. The number of hydrogen-bond donors (Lipinski definition) is 0. The first-order chi connectivity index (χ1) is 30.2. The number of hydrogen-bond acceptors (Lipinski definition) is 2. The standard InChI is InChI=1S/C58H38N2O/c1-3-14-39(15-4-1)40-28-31-45(32-29-40)59(48-33-34-52-51-24-9-10-27-55(51)61-56(52)38-48)46-21-11-19-43(36-46)44-20-12-22-47(37-44)60-53-26-13-25-50(41-16-5-2-6-17-41)57(53)58-49-23-8-7-18-42(49)30-35-54(58)60/h1-38H. The van der Waals surface area contributed by atoms with Gasteiger partial charge in [0.2, 0.25) is 0 Å². The average Bonchev–Trinajstić information content (AvgIpc) is 3.88. The molecule has 0 bridgehead atoms. The second-order valence-electron chi connectivity index (χ2n) is 15.7. The predicted octanol–water partition coefficient (Wildman–Crippen LogP) is 16.3. The summed E-state index contributed by atoms with van der Waals surface area (Å²) in [6.45, 7) is 0. The molecule has 0 aliphatic carbocycles. The lowest BCUT2D eigenvalue weighted by molar-refractivity contribution is 0.669. The second-order valence-corrected chi connectivity index (χ2v) is 15.7. The minimum absolute atomic E-state index is 0.864. The Kier molecular flexibility index (Phi) is 8.17. The SMILES string of the molecule is c1ccc(-c2ccc(N(c3cccc(-c4cccc(-n5c6cccc(-c7ccccc7)c6c6c7ccccc7ccc65)c4)c3)c3ccc4c(c3)oc3ccccc34)cc2)cc1. The van der Waals surface area contributed by atoms with Crippen LogP contribution < -0.4 is 4.90 Å². The Morgan fingerprint density at radius 1 is 0.328 bits per heavy atom. The summed E-state index contributed by atoms with van der Waals surface area (Å²) in [6, 6.07) is 82.9. The molecule has 2 aromatic heterocycles. The van der Waals surface area contributed by atoms with E-state index in [0.717, 1.165) is 55.8 Å². The molecule has 0 radical (unpaired) electrons. The lowest BCUT2D eigenvalue weighted by atomic mass is 9.97. The quantitative estimate of drug-likeness (QED) is 0.161. The van der Waals surface area contributed by atoms with E-state index in [0.29, 0.717) is 0 Å². The van der Waals surface area contributed by atoms with Gasteiger partial charge in [0.05, 0.1) is 11.0 Å². The molecule has 61 heavy (non-hydrogen) atoms. The van der Waals surface area contributed by atoms with Gasteiger partial charge < -0.3 is 13.9 Å². The number of fused-ring (bicyclic) bond motifs is 8. The Labute approximate surface area is 353 Å². The summed E-state index contributed by atoms with van der Waals surface area (Å²) < 4.78 is 8.87. The third-order valence-corrected chi connectivity index (χ3v) is 12.2. The van der Waals surface area contributed by atoms with E-state index in [9.17, 15) is 0 Å². The lowest BCUT2D eigenvalue weighted by Gasteiger charge is -2.26. The summed E-state index contributed by atoms with van der Waals surface area (Å²) >= 11 is 0. The molecule has 0 unspecified atom stereocenters. The highest BCUT2D eigenvalue weighted by Crippen LogP contribution is 2.44. The first-order valence-corrected chi connectivity index (χ1v) is 20.8. The Balaban J connectivity index is 1.01. The molecule has 0 atom stereocenters. The molecule has 0 aliphatic rings. The lowest BCUT2D eigenvalue weighted by Crippen LogP contribution is -2.10. The van der Waals surface area contributed by atoms with Crippen LogP contribution in [-0.4, -0.2) is 4.57 Å². The molecule has 0 amide bonds. The number of para-hydroxylation sites is 1. The van der Waals surface area contributed by atoms with Gasteiger partial charge in [-0.2, -0.15) is 0 Å². The van der Waals surface area contributed by atoms with E-state index in [4.69, 9.17) is 4.42 Å². The summed E-state index contributed by atoms with van der Waals surface area (Å²) in [6.07, 6.45) is 0. The van der Waals surface area contributed by atoms with Crippen molar-refractivity contribution in [2.45, 2.75) is 0 Å². The Morgan fingerprint density at radius 2 is 0.934 bits per heavy atom. The largest absolute Gasteiger partial charge is 0.456 e. The van der Waals surface area contributed by atoms with Crippen LogP contribution in [0.1, 0.15) is 0 Å². The molecular formula is C58H38N2O. The fourth-order valence-corrected chi connectivity index (χ4v) is 9.35. The molecule has 0 saturated carbocycles. The molecule has 0 aliphatic heterocycles. The molecule has 3 nitrogen and oxygen atoms in total. The maximum absolute atomic E-state index is 6.42. The number of aromatic nitrogens is 1. The zero-order chi connectivity index (χ0) is 40.3. The van der Waals surface area contributed by atoms with Crippen molar-refractivity contribution in [1.82, 2.24) is 4.57 Å². The van der Waals surface area contributed by atoms with Crippen molar-refractivity contribution in [3.8, 4) is 39.1 Å². The van der Waals surface area contributed by atoms with E-state index in [-0.39, 0.29) is 0 Å². The molecule has 286 valence electrons. The number of rotatable bonds is 7. The van der Waals surface area contributed by atoms with Crippen molar-refractivity contribution in [3.63, 3.8) is 0 Å². The minimum atomic E-state index is 0.864. The van der Waals surface area contributed by atoms with Gasteiger partial charge in [0.1, 0.15) is 11.2 Å². The summed E-state index contributed by atoms with van der Waals surface area (Å²) in [5.74, 6) is 0. The second kappa shape index (κ2) is 14.3. The van der Waals surface area contributed by atoms with E-state index >= 15 is 0 Å². The molecule has 0 N–H and O–H groups in total. The van der Waals surface area contributed by atoms with Crippen LogP contribution >= 0.6 is 0 Å². The maximum atomic E-state index is 6.42. The van der Waals surface area contributed by atoms with Gasteiger partial charge in [-0.25, -0.2) is 0 Å². The van der Waals surface area contributed by atoms with Gasteiger partial charge in [-0.05, 0) is 111 Å². The van der Waals surface area contributed by atoms with E-state index in [1.54, 1.807) is 0 Å². The van der Waals surface area contributed by atoms with Crippen LogP contribution in [0.15, 0.2) is 235 Å². The molecule has 10 aromatic carbocycles. The third kappa shape index (κ3) is 5.90. The first-order valence-electron chi connectivity index (χ1n) is 20.8. The van der Waals surface area contributed by atoms with Gasteiger partial charge in [-0.3, -0.25) is 0 Å². The highest BCUT2D eigenvalue weighted by molar-refractivity contribution is 6.25. The van der Waals surface area contributed by atoms with Gasteiger partial charge in [0.15, 0.2) is 0 Å². The van der Waals surface area contributed by atoms with Crippen LogP contribution in [0.2, 0.25) is 0 Å². The van der Waals surface area contributed by atoms with Crippen molar-refractivity contribution < 1.29 is 4.42 Å². The van der Waals surface area contributed by atoms with E-state index in [2.05, 4.69) is 228 Å². The van der Waals surface area contributed by atoms with Gasteiger partial charge in [-0.1, -0.05) is 158 Å². The predicted molar refractivity (Wildman–Crippen MR) is 257 cm³/mol. The van der Waals surface area contributed by atoms with Gasteiger partial charge in [0, 0.05) is 50.4 Å². The van der Waals surface area contributed by atoms with E-state index < -0.39 is 0 Å². The van der Waals surface area contributed by atoms with Gasteiger partial charge in [0.25, 0.3) is 0 Å². The van der Waals surface area contributed by atoms with E-state index in [1.807, 2.05) is 12.1 Å².